The molecular weight excluding hydrogens is 462 g/mol. The molecule has 1 aliphatic heterocycles. The lowest BCUT2D eigenvalue weighted by atomic mass is 10.2. The minimum atomic E-state index is -3.74. The summed E-state index contributed by atoms with van der Waals surface area (Å²) in [5, 5.41) is 5.13. The van der Waals surface area contributed by atoms with Crippen molar-refractivity contribution in [2.24, 2.45) is 0 Å². The van der Waals surface area contributed by atoms with Crippen molar-refractivity contribution in [2.75, 3.05) is 17.7 Å². The SMILES string of the molecule is COc1ccccc1C(=O)Nc1nc(C(=O)Nc2nc3cc4c(cc3[nH]2)OC(F)(F)O4)ns1. The first kappa shape index (κ1) is 20.6. The van der Waals surface area contributed by atoms with Crippen molar-refractivity contribution >= 4 is 45.5 Å². The molecule has 2 aromatic carbocycles. The zero-order valence-electron chi connectivity index (χ0n) is 16.5. The highest BCUT2D eigenvalue weighted by atomic mass is 32.1. The Kier molecular flexibility index (Phi) is 4.78. The van der Waals surface area contributed by atoms with Crippen LogP contribution >= 0.6 is 11.5 Å². The number of imidazole rings is 1. The first-order chi connectivity index (χ1) is 15.8. The fraction of sp³-hybridized carbons (Fsp3) is 0.105. The van der Waals surface area contributed by atoms with Crippen LogP contribution in [0.4, 0.5) is 19.9 Å². The summed E-state index contributed by atoms with van der Waals surface area (Å²) in [6, 6.07) is 9.16. The second-order valence-corrected chi connectivity index (χ2v) is 7.35. The predicted molar refractivity (Wildman–Crippen MR) is 111 cm³/mol. The number of nitrogens with zero attached hydrogens (tertiary/aromatic N) is 3. The fourth-order valence-electron chi connectivity index (χ4n) is 3.04. The standard InChI is InChI=1S/C19H12F2N6O5S/c1-30-11-5-3-2-4-8(11)15(28)26-18-24-14(27-33-18)16(29)25-17-22-9-6-12-13(7-10(9)23-17)32-19(20,21)31-12/h2-7H,1H3,(H2,22,23,25,29)(H,24,26,27,28). The average molecular weight is 474 g/mol. The van der Waals surface area contributed by atoms with Gasteiger partial charge in [0.25, 0.3) is 11.8 Å². The highest BCUT2D eigenvalue weighted by Crippen LogP contribution is 2.42. The van der Waals surface area contributed by atoms with Crippen LogP contribution in [0.15, 0.2) is 36.4 Å². The quantitative estimate of drug-likeness (QED) is 0.400. The molecule has 2 aromatic heterocycles. The number of para-hydroxylation sites is 1. The third-order valence-corrected chi connectivity index (χ3v) is 5.07. The lowest BCUT2D eigenvalue weighted by Crippen LogP contribution is -2.25. The molecule has 14 heteroatoms. The van der Waals surface area contributed by atoms with Crippen molar-refractivity contribution < 1.29 is 32.6 Å². The van der Waals surface area contributed by atoms with Gasteiger partial charge in [0.15, 0.2) is 11.5 Å². The number of nitrogens with one attached hydrogen (secondary N) is 3. The third-order valence-electron chi connectivity index (χ3n) is 4.44. The Morgan fingerprint density at radius 2 is 1.85 bits per heavy atom. The molecule has 4 aromatic rings. The van der Waals surface area contributed by atoms with E-state index in [9.17, 15) is 18.4 Å². The van der Waals surface area contributed by atoms with E-state index < -0.39 is 18.1 Å². The second-order valence-electron chi connectivity index (χ2n) is 6.60. The molecule has 0 spiro atoms. The molecule has 3 heterocycles. The van der Waals surface area contributed by atoms with Crippen molar-refractivity contribution in [3.05, 3.63) is 47.8 Å². The summed E-state index contributed by atoms with van der Waals surface area (Å²) < 4.78 is 44.2. The van der Waals surface area contributed by atoms with E-state index in [1.165, 1.54) is 19.2 Å². The Morgan fingerprint density at radius 1 is 1.09 bits per heavy atom. The maximum atomic E-state index is 13.2. The van der Waals surface area contributed by atoms with E-state index in [0.717, 1.165) is 11.5 Å². The number of carbonyl (C=O) groups excluding carboxylic acids is 2. The van der Waals surface area contributed by atoms with Gasteiger partial charge in [-0.25, -0.2) is 4.98 Å². The van der Waals surface area contributed by atoms with E-state index in [1.807, 2.05) is 0 Å². The van der Waals surface area contributed by atoms with Crippen molar-refractivity contribution in [3.63, 3.8) is 0 Å². The van der Waals surface area contributed by atoms with Crippen LogP contribution in [0.3, 0.4) is 0 Å². The summed E-state index contributed by atoms with van der Waals surface area (Å²) in [5.74, 6) is -1.30. The van der Waals surface area contributed by atoms with Gasteiger partial charge in [0, 0.05) is 23.7 Å². The number of anilines is 2. The van der Waals surface area contributed by atoms with Gasteiger partial charge < -0.3 is 19.2 Å². The highest BCUT2D eigenvalue weighted by Gasteiger charge is 2.43. The summed E-state index contributed by atoms with van der Waals surface area (Å²) in [6.07, 6.45) is -3.74. The number of aromatic nitrogens is 4. The van der Waals surface area contributed by atoms with Gasteiger partial charge >= 0.3 is 6.29 Å². The Morgan fingerprint density at radius 3 is 2.64 bits per heavy atom. The molecule has 33 heavy (non-hydrogen) atoms. The number of fused-ring (bicyclic) bond motifs is 2. The van der Waals surface area contributed by atoms with Crippen LogP contribution in [0.5, 0.6) is 17.2 Å². The Labute approximate surface area is 186 Å². The molecule has 11 nitrogen and oxygen atoms in total. The summed E-state index contributed by atoms with van der Waals surface area (Å²) in [4.78, 5) is 35.8. The van der Waals surface area contributed by atoms with E-state index in [-0.39, 0.29) is 33.9 Å². The summed E-state index contributed by atoms with van der Waals surface area (Å²) in [6.45, 7) is 0. The number of alkyl halides is 2. The number of amides is 2. The van der Waals surface area contributed by atoms with Gasteiger partial charge in [0.2, 0.25) is 16.9 Å². The van der Waals surface area contributed by atoms with E-state index in [4.69, 9.17) is 4.74 Å². The number of hydrogen-bond donors (Lipinski definition) is 3. The topological polar surface area (TPSA) is 140 Å². The van der Waals surface area contributed by atoms with Crippen molar-refractivity contribution in [1.29, 1.82) is 0 Å². The number of ether oxygens (including phenoxy) is 3. The van der Waals surface area contributed by atoms with Crippen molar-refractivity contribution in [3.8, 4) is 17.2 Å². The highest BCUT2D eigenvalue weighted by molar-refractivity contribution is 7.10. The number of hydrogen-bond acceptors (Lipinski definition) is 9. The third kappa shape index (κ3) is 3.98. The molecule has 2 amide bonds. The molecule has 0 saturated carbocycles. The largest absolute Gasteiger partial charge is 0.586 e. The molecule has 168 valence electrons. The van der Waals surface area contributed by atoms with E-state index in [2.05, 4.69) is 39.4 Å². The van der Waals surface area contributed by atoms with E-state index in [1.54, 1.807) is 24.3 Å². The Bertz CT molecular complexity index is 1360. The summed E-state index contributed by atoms with van der Waals surface area (Å²) >= 11 is 0.815. The molecule has 0 bridgehead atoms. The van der Waals surface area contributed by atoms with Crippen LogP contribution in [0.25, 0.3) is 11.0 Å². The van der Waals surface area contributed by atoms with Gasteiger partial charge in [-0.15, -0.1) is 8.78 Å². The minimum absolute atomic E-state index is 0.0276. The minimum Gasteiger partial charge on any atom is -0.496 e. The number of H-pyrrole nitrogens is 1. The van der Waals surface area contributed by atoms with Gasteiger partial charge in [-0.1, -0.05) is 12.1 Å². The second kappa shape index (κ2) is 7.67. The molecule has 3 N–H and O–H groups in total. The monoisotopic (exact) mass is 474 g/mol. The van der Waals surface area contributed by atoms with Crippen LogP contribution in [-0.4, -0.2) is 44.5 Å². The number of halogens is 2. The van der Waals surface area contributed by atoms with E-state index >= 15 is 0 Å². The van der Waals surface area contributed by atoms with Crippen LogP contribution < -0.4 is 24.8 Å². The van der Waals surface area contributed by atoms with Gasteiger partial charge in [0.05, 0.1) is 23.7 Å². The normalized spacial score (nSPS) is 13.7. The van der Waals surface area contributed by atoms with Gasteiger partial charge in [-0.2, -0.15) is 9.36 Å². The molecule has 0 saturated heterocycles. The first-order valence-electron chi connectivity index (χ1n) is 9.20. The summed E-state index contributed by atoms with van der Waals surface area (Å²) in [5.41, 5.74) is 0.892. The van der Waals surface area contributed by atoms with E-state index in [0.29, 0.717) is 16.8 Å². The van der Waals surface area contributed by atoms with Crippen molar-refractivity contribution in [2.45, 2.75) is 6.29 Å². The molecule has 5 rings (SSSR count). The molecule has 0 atom stereocenters. The van der Waals surface area contributed by atoms with Crippen molar-refractivity contribution in [1.82, 2.24) is 19.3 Å². The molecule has 0 unspecified atom stereocenters. The van der Waals surface area contributed by atoms with Crippen LogP contribution in [0.2, 0.25) is 0 Å². The van der Waals surface area contributed by atoms with Gasteiger partial charge in [-0.3, -0.25) is 20.2 Å². The maximum Gasteiger partial charge on any atom is 0.586 e. The molecule has 0 fully saturated rings. The molecule has 0 radical (unpaired) electrons. The summed E-state index contributed by atoms with van der Waals surface area (Å²) in [7, 11) is 1.44. The maximum absolute atomic E-state index is 13.2. The number of carbonyl (C=O) groups is 2. The molecule has 0 aliphatic carbocycles. The first-order valence-corrected chi connectivity index (χ1v) is 9.98. The van der Waals surface area contributed by atoms with Gasteiger partial charge in [-0.05, 0) is 12.1 Å². The van der Waals surface area contributed by atoms with Crippen LogP contribution in [-0.2, 0) is 0 Å². The lowest BCUT2D eigenvalue weighted by Gasteiger charge is -2.06. The smallest absolute Gasteiger partial charge is 0.496 e. The number of benzene rings is 2. The van der Waals surface area contributed by atoms with Crippen LogP contribution in [0.1, 0.15) is 21.0 Å². The molecular formula is C19H12F2N6O5S. The predicted octanol–water partition coefficient (Wildman–Crippen LogP) is 3.25. The zero-order valence-corrected chi connectivity index (χ0v) is 17.3. The van der Waals surface area contributed by atoms with Crippen LogP contribution in [0, 0.1) is 0 Å². The number of rotatable bonds is 5. The zero-order chi connectivity index (χ0) is 23.2. The molecule has 1 aliphatic rings. The number of methoxy groups -OCH3 is 1. The Hall–Kier alpha value is -4.33. The van der Waals surface area contributed by atoms with Gasteiger partial charge in [0.1, 0.15) is 5.75 Å². The lowest BCUT2D eigenvalue weighted by molar-refractivity contribution is -0.286. The average Bonchev–Trinajstić information content (AvgIpc) is 3.46. The fourth-order valence-corrected chi connectivity index (χ4v) is 3.60. The Balaban J connectivity index is 1.28. The number of aromatic amines is 1.